The first-order chi connectivity index (χ1) is 13.0. The minimum Gasteiger partial charge on any atom is -0.361 e. The molecule has 3 aromatic rings. The van der Waals surface area contributed by atoms with Crippen molar-refractivity contribution in [1.82, 2.24) is 14.9 Å². The van der Waals surface area contributed by atoms with Crippen LogP contribution in [-0.4, -0.2) is 26.8 Å². The van der Waals surface area contributed by atoms with E-state index in [1.54, 1.807) is 6.92 Å². The molecule has 0 unspecified atom stereocenters. The molecule has 0 radical (unpaired) electrons. The third-order valence-corrected chi connectivity index (χ3v) is 3.82. The average Bonchev–Trinajstić information content (AvgIpc) is 3.22. The Kier molecular flexibility index (Phi) is 5.30. The molecule has 0 saturated heterocycles. The molecule has 1 aromatic carbocycles. The van der Waals surface area contributed by atoms with Gasteiger partial charge in [-0.3, -0.25) is 14.3 Å². The summed E-state index contributed by atoms with van der Waals surface area (Å²) in [6.07, 6.45) is 3.55. The van der Waals surface area contributed by atoms with Crippen LogP contribution in [0.15, 0.2) is 41.2 Å². The number of aromatic nitrogens is 3. The molecule has 27 heavy (non-hydrogen) atoms. The topological polar surface area (TPSA) is 102 Å². The lowest BCUT2D eigenvalue weighted by Crippen LogP contribution is -2.19. The van der Waals surface area contributed by atoms with Crippen molar-refractivity contribution in [1.29, 1.82) is 0 Å². The molecular formula is C18H18FN5O3. The molecule has 2 aromatic heterocycles. The fourth-order valence-corrected chi connectivity index (χ4v) is 2.54. The Morgan fingerprint density at radius 2 is 1.93 bits per heavy atom. The lowest BCUT2D eigenvalue weighted by atomic mass is 10.1. The molecule has 2 amide bonds. The van der Waals surface area contributed by atoms with E-state index in [0.29, 0.717) is 34.8 Å². The van der Waals surface area contributed by atoms with Crippen LogP contribution in [0.5, 0.6) is 0 Å². The molecule has 0 aliphatic rings. The SMILES string of the molecule is CCc1noc(C)c1C(=O)Nc1cnn(CC(=O)Nc2ccc(F)cc2)c1. The Bertz CT molecular complexity index is 962. The van der Waals surface area contributed by atoms with Crippen molar-refractivity contribution in [2.45, 2.75) is 26.8 Å². The first-order valence-electron chi connectivity index (χ1n) is 8.30. The monoisotopic (exact) mass is 371 g/mol. The van der Waals surface area contributed by atoms with E-state index < -0.39 is 0 Å². The Balaban J connectivity index is 1.61. The highest BCUT2D eigenvalue weighted by atomic mass is 19.1. The number of aryl methyl sites for hydroxylation is 2. The second-order valence-electron chi connectivity index (χ2n) is 5.85. The second-order valence-corrected chi connectivity index (χ2v) is 5.85. The molecular weight excluding hydrogens is 353 g/mol. The van der Waals surface area contributed by atoms with Gasteiger partial charge in [-0.2, -0.15) is 5.10 Å². The van der Waals surface area contributed by atoms with Crippen molar-refractivity contribution in [3.05, 3.63) is 59.5 Å². The first kappa shape index (κ1) is 18.3. The fourth-order valence-electron chi connectivity index (χ4n) is 2.54. The zero-order chi connectivity index (χ0) is 19.4. The summed E-state index contributed by atoms with van der Waals surface area (Å²) in [5, 5.41) is 13.3. The molecule has 140 valence electrons. The van der Waals surface area contributed by atoms with Gasteiger partial charge in [-0.25, -0.2) is 4.39 Å². The number of amides is 2. The Labute approximate surface area is 154 Å². The van der Waals surface area contributed by atoms with E-state index >= 15 is 0 Å². The summed E-state index contributed by atoms with van der Waals surface area (Å²) >= 11 is 0. The molecule has 0 atom stereocenters. The van der Waals surface area contributed by atoms with Crippen molar-refractivity contribution in [2.75, 3.05) is 10.6 Å². The molecule has 0 aliphatic heterocycles. The summed E-state index contributed by atoms with van der Waals surface area (Å²) in [5.41, 5.74) is 1.91. The number of halogens is 1. The summed E-state index contributed by atoms with van der Waals surface area (Å²) in [6.45, 7) is 3.50. The highest BCUT2D eigenvalue weighted by Gasteiger charge is 2.19. The highest BCUT2D eigenvalue weighted by molar-refractivity contribution is 6.05. The predicted molar refractivity (Wildman–Crippen MR) is 95.8 cm³/mol. The molecule has 0 bridgehead atoms. The van der Waals surface area contributed by atoms with Crippen LogP contribution in [0.25, 0.3) is 0 Å². The molecule has 3 rings (SSSR count). The third kappa shape index (κ3) is 4.38. The van der Waals surface area contributed by atoms with Gasteiger partial charge in [-0.05, 0) is 37.6 Å². The minimum absolute atomic E-state index is 0.0558. The number of carbonyl (C=O) groups is 2. The van der Waals surface area contributed by atoms with Crippen LogP contribution in [-0.2, 0) is 17.8 Å². The van der Waals surface area contributed by atoms with Gasteiger partial charge in [0.1, 0.15) is 23.7 Å². The minimum atomic E-state index is -0.380. The highest BCUT2D eigenvalue weighted by Crippen LogP contribution is 2.16. The van der Waals surface area contributed by atoms with Crippen LogP contribution in [0.2, 0.25) is 0 Å². The fraction of sp³-hybridized carbons (Fsp3) is 0.222. The Morgan fingerprint density at radius 1 is 1.19 bits per heavy atom. The standard InChI is InChI=1S/C18H18FN5O3/c1-3-15-17(11(2)27-23-15)18(26)22-14-8-20-24(9-14)10-16(25)21-13-6-4-12(19)5-7-13/h4-9H,3,10H2,1-2H3,(H,21,25)(H,22,26). The van der Waals surface area contributed by atoms with Crippen LogP contribution in [0.4, 0.5) is 15.8 Å². The summed E-state index contributed by atoms with van der Waals surface area (Å²) in [7, 11) is 0. The van der Waals surface area contributed by atoms with Crippen molar-refractivity contribution >= 4 is 23.2 Å². The van der Waals surface area contributed by atoms with Crippen molar-refractivity contribution < 1.29 is 18.5 Å². The largest absolute Gasteiger partial charge is 0.361 e. The number of rotatable bonds is 6. The number of benzene rings is 1. The second kappa shape index (κ2) is 7.81. The van der Waals surface area contributed by atoms with Crippen LogP contribution >= 0.6 is 0 Å². The van der Waals surface area contributed by atoms with Gasteiger partial charge >= 0.3 is 0 Å². The average molecular weight is 371 g/mol. The summed E-state index contributed by atoms with van der Waals surface area (Å²) in [4.78, 5) is 24.5. The number of nitrogens with one attached hydrogen (secondary N) is 2. The number of nitrogens with zero attached hydrogens (tertiary/aromatic N) is 3. The summed E-state index contributed by atoms with van der Waals surface area (Å²) in [6, 6.07) is 5.45. The molecule has 2 N–H and O–H groups in total. The van der Waals surface area contributed by atoms with Crippen molar-refractivity contribution in [3.63, 3.8) is 0 Å². The molecule has 0 fully saturated rings. The van der Waals surface area contributed by atoms with Gasteiger partial charge in [-0.1, -0.05) is 12.1 Å². The van der Waals surface area contributed by atoms with Gasteiger partial charge in [0.05, 0.1) is 17.6 Å². The quantitative estimate of drug-likeness (QED) is 0.694. The van der Waals surface area contributed by atoms with E-state index in [2.05, 4.69) is 20.9 Å². The van der Waals surface area contributed by atoms with E-state index in [1.807, 2.05) is 6.92 Å². The maximum absolute atomic E-state index is 12.9. The predicted octanol–water partition coefficient (Wildman–Crippen LogP) is 2.77. The lowest BCUT2D eigenvalue weighted by molar-refractivity contribution is -0.116. The first-order valence-corrected chi connectivity index (χ1v) is 8.30. The molecule has 0 aliphatic carbocycles. The molecule has 8 nitrogen and oxygen atoms in total. The maximum atomic E-state index is 12.9. The van der Waals surface area contributed by atoms with Gasteiger partial charge in [0.2, 0.25) is 5.91 Å². The van der Waals surface area contributed by atoms with E-state index in [0.717, 1.165) is 0 Å². The third-order valence-electron chi connectivity index (χ3n) is 3.82. The Hall–Kier alpha value is -3.49. The number of carbonyl (C=O) groups excluding carboxylic acids is 2. The number of hydrogen-bond donors (Lipinski definition) is 2. The zero-order valence-corrected chi connectivity index (χ0v) is 14.8. The van der Waals surface area contributed by atoms with E-state index in [1.165, 1.54) is 41.3 Å². The molecule has 9 heteroatoms. The van der Waals surface area contributed by atoms with Crippen molar-refractivity contribution in [2.24, 2.45) is 0 Å². The van der Waals surface area contributed by atoms with Gasteiger partial charge in [-0.15, -0.1) is 0 Å². The van der Waals surface area contributed by atoms with E-state index in [4.69, 9.17) is 4.52 Å². The number of hydrogen-bond acceptors (Lipinski definition) is 5. The summed E-state index contributed by atoms with van der Waals surface area (Å²) < 4.78 is 19.3. The molecule has 2 heterocycles. The molecule has 0 spiro atoms. The lowest BCUT2D eigenvalue weighted by Gasteiger charge is -2.05. The van der Waals surface area contributed by atoms with Gasteiger partial charge < -0.3 is 15.2 Å². The van der Waals surface area contributed by atoms with Crippen LogP contribution in [0, 0.1) is 12.7 Å². The van der Waals surface area contributed by atoms with Crippen molar-refractivity contribution in [3.8, 4) is 0 Å². The van der Waals surface area contributed by atoms with Crippen LogP contribution in [0.1, 0.15) is 28.7 Å². The van der Waals surface area contributed by atoms with Crippen LogP contribution < -0.4 is 10.6 Å². The normalized spacial score (nSPS) is 10.6. The Morgan fingerprint density at radius 3 is 2.63 bits per heavy atom. The maximum Gasteiger partial charge on any atom is 0.261 e. The van der Waals surface area contributed by atoms with Crippen LogP contribution in [0.3, 0.4) is 0 Å². The van der Waals surface area contributed by atoms with Gasteiger partial charge in [0.15, 0.2) is 0 Å². The smallest absolute Gasteiger partial charge is 0.261 e. The zero-order valence-electron chi connectivity index (χ0n) is 14.8. The summed E-state index contributed by atoms with van der Waals surface area (Å²) in [5.74, 6) is -0.614. The van der Waals surface area contributed by atoms with Gasteiger partial charge in [0, 0.05) is 11.9 Å². The van der Waals surface area contributed by atoms with Gasteiger partial charge in [0.25, 0.3) is 5.91 Å². The molecule has 0 saturated carbocycles. The number of anilines is 2. The van der Waals surface area contributed by atoms with E-state index in [-0.39, 0.29) is 24.2 Å². The van der Waals surface area contributed by atoms with E-state index in [9.17, 15) is 14.0 Å².